The second-order valence-electron chi connectivity index (χ2n) is 4.42. The third kappa shape index (κ3) is 3.40. The van der Waals surface area contributed by atoms with Gasteiger partial charge in [0.1, 0.15) is 17.5 Å². The van der Waals surface area contributed by atoms with E-state index in [2.05, 4.69) is 20.6 Å². The number of benzene rings is 1. The van der Waals surface area contributed by atoms with Gasteiger partial charge < -0.3 is 10.6 Å². The van der Waals surface area contributed by atoms with Crippen LogP contribution in [0.1, 0.15) is 18.9 Å². The van der Waals surface area contributed by atoms with Crippen molar-refractivity contribution in [3.05, 3.63) is 41.7 Å². The molecule has 0 radical (unpaired) electrons. The number of hydrogen-bond donors (Lipinski definition) is 2. The first kappa shape index (κ1) is 14.2. The topological polar surface area (TPSA) is 49.8 Å². The van der Waals surface area contributed by atoms with Gasteiger partial charge in [-0.2, -0.15) is 0 Å². The van der Waals surface area contributed by atoms with Crippen molar-refractivity contribution in [3.8, 4) is 0 Å². The Balaban J connectivity index is 2.19. The first-order valence-electron chi connectivity index (χ1n) is 6.38. The lowest BCUT2D eigenvalue weighted by atomic mass is 10.2. The minimum atomic E-state index is -0.530. The molecule has 6 heteroatoms. The number of nitrogens with one attached hydrogen (secondary N) is 2. The monoisotopic (exact) mass is 278 g/mol. The molecule has 0 amide bonds. The number of nitrogens with zero attached hydrogens (tertiary/aromatic N) is 2. The molecular weight excluding hydrogens is 262 g/mol. The van der Waals surface area contributed by atoms with Crippen molar-refractivity contribution in [1.82, 2.24) is 9.97 Å². The summed E-state index contributed by atoms with van der Waals surface area (Å²) in [5, 5.41) is 5.80. The highest BCUT2D eigenvalue weighted by atomic mass is 19.1. The van der Waals surface area contributed by atoms with Crippen molar-refractivity contribution in [3.63, 3.8) is 0 Å². The molecule has 0 spiro atoms. The van der Waals surface area contributed by atoms with Crippen molar-refractivity contribution in [2.45, 2.75) is 20.3 Å². The van der Waals surface area contributed by atoms with Gasteiger partial charge in [0.25, 0.3) is 0 Å². The maximum atomic E-state index is 13.7. The van der Waals surface area contributed by atoms with Gasteiger partial charge in [-0.1, -0.05) is 6.92 Å². The molecule has 2 N–H and O–H groups in total. The van der Waals surface area contributed by atoms with Crippen LogP contribution in [0.15, 0.2) is 24.5 Å². The number of halogens is 2. The lowest BCUT2D eigenvalue weighted by molar-refractivity contribution is 0.595. The second kappa shape index (κ2) is 6.27. The van der Waals surface area contributed by atoms with Crippen LogP contribution in [-0.2, 0) is 0 Å². The fourth-order valence-electron chi connectivity index (χ4n) is 1.64. The predicted molar refractivity (Wildman–Crippen MR) is 75.2 cm³/mol. The number of rotatable bonds is 5. The van der Waals surface area contributed by atoms with Crippen LogP contribution in [0.5, 0.6) is 0 Å². The number of anilines is 3. The van der Waals surface area contributed by atoms with Crippen molar-refractivity contribution >= 4 is 17.3 Å². The summed E-state index contributed by atoms with van der Waals surface area (Å²) in [5.74, 6) is -0.0576. The standard InChI is InChI=1S/C14H16F2N4/c1-3-4-18-13-7-17-8-14(20-13)19-12-6-10(15)9(2)5-11(12)16/h5-8H,3-4H2,1-2H3,(H2,18,19,20). The third-order valence-corrected chi connectivity index (χ3v) is 2.70. The molecular formula is C14H16F2N4. The number of aromatic nitrogens is 2. The average Bonchev–Trinajstić information content (AvgIpc) is 2.43. The largest absolute Gasteiger partial charge is 0.369 e. The molecule has 0 bridgehead atoms. The highest BCUT2D eigenvalue weighted by Gasteiger charge is 2.08. The van der Waals surface area contributed by atoms with E-state index in [9.17, 15) is 8.78 Å². The highest BCUT2D eigenvalue weighted by Crippen LogP contribution is 2.22. The quantitative estimate of drug-likeness (QED) is 0.877. The van der Waals surface area contributed by atoms with Crippen molar-refractivity contribution in [2.24, 2.45) is 0 Å². The Labute approximate surface area is 116 Å². The summed E-state index contributed by atoms with van der Waals surface area (Å²) in [6.45, 7) is 4.32. The van der Waals surface area contributed by atoms with E-state index in [4.69, 9.17) is 0 Å². The van der Waals surface area contributed by atoms with E-state index in [0.29, 0.717) is 11.6 Å². The van der Waals surface area contributed by atoms with Crippen molar-refractivity contribution in [2.75, 3.05) is 17.2 Å². The summed E-state index contributed by atoms with van der Waals surface area (Å²) >= 11 is 0. The molecule has 0 atom stereocenters. The predicted octanol–water partition coefficient (Wildman–Crippen LogP) is 3.63. The van der Waals surface area contributed by atoms with Gasteiger partial charge in [0.05, 0.1) is 18.1 Å². The Hall–Kier alpha value is -2.24. The zero-order valence-electron chi connectivity index (χ0n) is 11.4. The van der Waals surface area contributed by atoms with Gasteiger partial charge in [0.15, 0.2) is 5.82 Å². The fourth-order valence-corrected chi connectivity index (χ4v) is 1.64. The van der Waals surface area contributed by atoms with E-state index in [1.807, 2.05) is 6.92 Å². The van der Waals surface area contributed by atoms with E-state index in [-0.39, 0.29) is 11.3 Å². The summed E-state index contributed by atoms with van der Waals surface area (Å²) in [6.07, 6.45) is 3.98. The van der Waals surface area contributed by atoms with E-state index in [1.165, 1.54) is 13.1 Å². The summed E-state index contributed by atoms with van der Waals surface area (Å²) in [5.41, 5.74) is 0.299. The van der Waals surface area contributed by atoms with Crippen LogP contribution in [0, 0.1) is 18.6 Å². The minimum Gasteiger partial charge on any atom is -0.369 e. The molecule has 106 valence electrons. The molecule has 1 aromatic carbocycles. The van der Waals surface area contributed by atoms with Gasteiger partial charge >= 0.3 is 0 Å². The maximum Gasteiger partial charge on any atom is 0.151 e. The molecule has 0 aliphatic carbocycles. The van der Waals surface area contributed by atoms with E-state index in [1.54, 1.807) is 6.20 Å². The van der Waals surface area contributed by atoms with Gasteiger partial charge in [-0.25, -0.2) is 13.8 Å². The second-order valence-corrected chi connectivity index (χ2v) is 4.42. The Bertz CT molecular complexity index is 602. The molecule has 0 unspecified atom stereocenters. The molecule has 0 saturated heterocycles. The van der Waals surface area contributed by atoms with Crippen molar-refractivity contribution < 1.29 is 8.78 Å². The number of aryl methyl sites for hydroxylation is 1. The van der Waals surface area contributed by atoms with Gasteiger partial charge in [-0.3, -0.25) is 4.98 Å². The first-order valence-corrected chi connectivity index (χ1v) is 6.38. The fraction of sp³-hybridized carbons (Fsp3) is 0.286. The average molecular weight is 278 g/mol. The van der Waals surface area contributed by atoms with Crippen molar-refractivity contribution in [1.29, 1.82) is 0 Å². The lowest BCUT2D eigenvalue weighted by Gasteiger charge is -2.09. The summed E-state index contributed by atoms with van der Waals surface area (Å²) < 4.78 is 27.2. The first-order chi connectivity index (χ1) is 9.60. The van der Waals surface area contributed by atoms with E-state index >= 15 is 0 Å². The zero-order valence-corrected chi connectivity index (χ0v) is 11.4. The highest BCUT2D eigenvalue weighted by molar-refractivity contribution is 5.58. The zero-order chi connectivity index (χ0) is 14.5. The third-order valence-electron chi connectivity index (χ3n) is 2.70. The molecule has 2 rings (SSSR count). The molecule has 2 aromatic rings. The molecule has 0 saturated carbocycles. The van der Waals surface area contributed by atoms with Gasteiger partial charge in [-0.05, 0) is 25.0 Å². The van der Waals surface area contributed by atoms with Crippen LogP contribution < -0.4 is 10.6 Å². The molecule has 20 heavy (non-hydrogen) atoms. The van der Waals surface area contributed by atoms with Crippen LogP contribution in [-0.4, -0.2) is 16.5 Å². The van der Waals surface area contributed by atoms with E-state index < -0.39 is 11.6 Å². The molecule has 4 nitrogen and oxygen atoms in total. The SMILES string of the molecule is CCCNc1cncc(Nc2cc(F)c(C)cc2F)n1. The van der Waals surface area contributed by atoms with Crippen LogP contribution >= 0.6 is 0 Å². The molecule has 1 aromatic heterocycles. The molecule has 0 aliphatic heterocycles. The van der Waals surface area contributed by atoms with Gasteiger partial charge in [-0.15, -0.1) is 0 Å². The normalized spacial score (nSPS) is 10.4. The summed E-state index contributed by atoms with van der Waals surface area (Å²) in [7, 11) is 0. The minimum absolute atomic E-state index is 0.0371. The van der Waals surface area contributed by atoms with Gasteiger partial charge in [0.2, 0.25) is 0 Å². The Kier molecular flexibility index (Phi) is 4.45. The smallest absolute Gasteiger partial charge is 0.151 e. The van der Waals surface area contributed by atoms with Crippen LogP contribution in [0.2, 0.25) is 0 Å². The number of hydrogen-bond acceptors (Lipinski definition) is 4. The Morgan fingerprint density at radius 3 is 2.60 bits per heavy atom. The van der Waals surface area contributed by atoms with Crippen LogP contribution in [0.25, 0.3) is 0 Å². The molecule has 0 fully saturated rings. The summed E-state index contributed by atoms with van der Waals surface area (Å²) in [4.78, 5) is 8.22. The van der Waals surface area contributed by atoms with Crippen LogP contribution in [0.3, 0.4) is 0 Å². The van der Waals surface area contributed by atoms with Crippen LogP contribution in [0.4, 0.5) is 26.1 Å². The summed E-state index contributed by atoms with van der Waals surface area (Å²) in [6, 6.07) is 2.25. The molecule has 1 heterocycles. The van der Waals surface area contributed by atoms with E-state index in [0.717, 1.165) is 25.1 Å². The molecule has 0 aliphatic rings. The maximum absolute atomic E-state index is 13.7. The lowest BCUT2D eigenvalue weighted by Crippen LogP contribution is -2.05. The Morgan fingerprint density at radius 1 is 1.10 bits per heavy atom. The van der Waals surface area contributed by atoms with Gasteiger partial charge in [0, 0.05) is 12.6 Å². The Morgan fingerprint density at radius 2 is 1.85 bits per heavy atom.